The van der Waals surface area contributed by atoms with Crippen LogP contribution in [0.1, 0.15) is 61.6 Å². The number of piperidine rings is 1. The molecule has 2 aromatic rings. The number of benzene rings is 2. The van der Waals surface area contributed by atoms with Crippen LogP contribution in [0.2, 0.25) is 0 Å². The van der Waals surface area contributed by atoms with Crippen molar-refractivity contribution in [2.45, 2.75) is 69.4 Å². The standard InChI is InChI=1S/C33H41F4N3O3/c1-22-19-40(10-8-30(22)24-4-2-3-23(15-24)20-41)28-7-9-32(43-21-28,25-5-6-25)31(42)39-13-11-38(12-14-39)29-17-26(33(35,36)37)16-27(34)18-29/h2-4,15-18,22,25,28,30,41H,5-14,19-21H2,1H3/t22-,28+,30?,32-/m0/s1. The summed E-state index contributed by atoms with van der Waals surface area (Å²) in [4.78, 5) is 20.0. The SMILES string of the molecule is C[C@H]1CN([C@@H]2CC[C@@](C(=O)N3CCN(c4cc(F)cc(C(F)(F)F)c4)CC3)(C3CC3)OC2)CCC1c1cccc(CO)c1. The van der Waals surface area contributed by atoms with Crippen LogP contribution in [0.25, 0.3) is 0 Å². The maximum atomic E-state index is 14.0. The molecular weight excluding hydrogens is 562 g/mol. The third-order valence-electron chi connectivity index (χ3n) is 10.1. The minimum Gasteiger partial charge on any atom is -0.392 e. The molecule has 1 N–H and O–H groups in total. The third-order valence-corrected chi connectivity index (χ3v) is 10.1. The molecule has 6 rings (SSSR count). The summed E-state index contributed by atoms with van der Waals surface area (Å²) >= 11 is 0. The molecule has 1 saturated carbocycles. The first-order valence-electron chi connectivity index (χ1n) is 15.6. The molecule has 43 heavy (non-hydrogen) atoms. The van der Waals surface area contributed by atoms with E-state index in [-0.39, 0.29) is 30.2 Å². The minimum atomic E-state index is -4.62. The van der Waals surface area contributed by atoms with Crippen LogP contribution in [0.4, 0.5) is 23.2 Å². The van der Waals surface area contributed by atoms with Gasteiger partial charge in [-0.05, 0) is 85.7 Å². The van der Waals surface area contributed by atoms with Crippen molar-refractivity contribution in [2.75, 3.05) is 50.8 Å². The summed E-state index contributed by atoms with van der Waals surface area (Å²) in [6.07, 6.45) is -0.0818. The van der Waals surface area contributed by atoms with Crippen molar-refractivity contribution in [2.24, 2.45) is 11.8 Å². The fraction of sp³-hybridized carbons (Fsp3) is 0.606. The summed E-state index contributed by atoms with van der Waals surface area (Å²) < 4.78 is 60.3. The molecular formula is C33H41F4N3O3. The van der Waals surface area contributed by atoms with Gasteiger partial charge in [0.1, 0.15) is 11.4 Å². The molecule has 0 radical (unpaired) electrons. The second-order valence-corrected chi connectivity index (χ2v) is 12.9. The molecule has 4 fully saturated rings. The fourth-order valence-electron chi connectivity index (χ4n) is 7.57. The van der Waals surface area contributed by atoms with Crippen molar-refractivity contribution >= 4 is 11.6 Å². The molecule has 3 aliphatic heterocycles. The number of piperazine rings is 1. The maximum Gasteiger partial charge on any atom is 0.416 e. The molecule has 3 heterocycles. The van der Waals surface area contributed by atoms with Gasteiger partial charge in [-0.3, -0.25) is 9.69 Å². The Labute approximate surface area is 250 Å². The zero-order chi connectivity index (χ0) is 30.4. The summed E-state index contributed by atoms with van der Waals surface area (Å²) in [6, 6.07) is 11.1. The summed E-state index contributed by atoms with van der Waals surface area (Å²) in [5.74, 6) is 0.196. The molecule has 0 aromatic heterocycles. The van der Waals surface area contributed by atoms with Crippen molar-refractivity contribution in [3.8, 4) is 0 Å². The lowest BCUT2D eigenvalue weighted by molar-refractivity contribution is -0.176. The van der Waals surface area contributed by atoms with Gasteiger partial charge in [0.2, 0.25) is 0 Å². The van der Waals surface area contributed by atoms with Gasteiger partial charge in [-0.2, -0.15) is 13.2 Å². The van der Waals surface area contributed by atoms with Crippen LogP contribution in [-0.4, -0.2) is 78.3 Å². The summed E-state index contributed by atoms with van der Waals surface area (Å²) in [5, 5.41) is 9.55. The van der Waals surface area contributed by atoms with Gasteiger partial charge >= 0.3 is 6.18 Å². The summed E-state index contributed by atoms with van der Waals surface area (Å²) in [6.45, 7) is 6.18. The van der Waals surface area contributed by atoms with E-state index in [9.17, 15) is 27.5 Å². The first-order valence-corrected chi connectivity index (χ1v) is 15.6. The lowest BCUT2D eigenvalue weighted by Gasteiger charge is -2.48. The molecule has 4 atom stereocenters. The Morgan fingerprint density at radius 2 is 1.79 bits per heavy atom. The number of amides is 1. The number of nitrogens with zero attached hydrogens (tertiary/aromatic N) is 3. The van der Waals surface area contributed by atoms with E-state index in [1.165, 1.54) is 5.56 Å². The number of alkyl halides is 3. The Bertz CT molecular complexity index is 1300. The highest BCUT2D eigenvalue weighted by Gasteiger charge is 2.56. The number of ether oxygens (including phenoxy) is 1. The van der Waals surface area contributed by atoms with Gasteiger partial charge < -0.3 is 19.6 Å². The Balaban J connectivity index is 1.06. The number of carbonyl (C=O) groups is 1. The maximum absolute atomic E-state index is 14.0. The van der Waals surface area contributed by atoms with E-state index in [0.29, 0.717) is 57.1 Å². The van der Waals surface area contributed by atoms with Gasteiger partial charge in [0.15, 0.2) is 0 Å². The molecule has 1 amide bonds. The number of aliphatic hydroxyl groups is 1. The lowest BCUT2D eigenvalue weighted by Crippen LogP contribution is -2.61. The number of carbonyl (C=O) groups excluding carboxylic acids is 1. The van der Waals surface area contributed by atoms with Crippen LogP contribution in [0.5, 0.6) is 0 Å². The number of anilines is 1. The zero-order valence-electron chi connectivity index (χ0n) is 24.7. The molecule has 3 saturated heterocycles. The molecule has 0 bridgehead atoms. The third kappa shape index (κ3) is 6.28. The van der Waals surface area contributed by atoms with Crippen LogP contribution in [-0.2, 0) is 22.3 Å². The summed E-state index contributed by atoms with van der Waals surface area (Å²) in [7, 11) is 0. The van der Waals surface area contributed by atoms with Gasteiger partial charge in [-0.25, -0.2) is 4.39 Å². The largest absolute Gasteiger partial charge is 0.416 e. The summed E-state index contributed by atoms with van der Waals surface area (Å²) in [5.41, 5.74) is 0.589. The van der Waals surface area contributed by atoms with E-state index >= 15 is 0 Å². The van der Waals surface area contributed by atoms with Gasteiger partial charge in [-0.1, -0.05) is 31.2 Å². The van der Waals surface area contributed by atoms with E-state index in [1.807, 2.05) is 12.1 Å². The van der Waals surface area contributed by atoms with Crippen molar-refractivity contribution in [1.29, 1.82) is 0 Å². The lowest BCUT2D eigenvalue weighted by atomic mass is 9.79. The highest BCUT2D eigenvalue weighted by molar-refractivity contribution is 5.86. The van der Waals surface area contributed by atoms with E-state index < -0.39 is 23.2 Å². The van der Waals surface area contributed by atoms with Crippen LogP contribution >= 0.6 is 0 Å². The van der Waals surface area contributed by atoms with Gasteiger partial charge in [0, 0.05) is 44.5 Å². The predicted octanol–water partition coefficient (Wildman–Crippen LogP) is 5.44. The number of hydrogen-bond donors (Lipinski definition) is 1. The Morgan fingerprint density at radius 1 is 1.02 bits per heavy atom. The smallest absolute Gasteiger partial charge is 0.392 e. The second kappa shape index (κ2) is 12.0. The molecule has 0 spiro atoms. The first kappa shape index (κ1) is 30.3. The minimum absolute atomic E-state index is 0.000774. The average molecular weight is 604 g/mol. The van der Waals surface area contributed by atoms with E-state index in [2.05, 4.69) is 24.0 Å². The zero-order valence-corrected chi connectivity index (χ0v) is 24.7. The average Bonchev–Trinajstić information content (AvgIpc) is 3.86. The van der Waals surface area contributed by atoms with Gasteiger partial charge in [0.25, 0.3) is 5.91 Å². The molecule has 6 nitrogen and oxygen atoms in total. The number of halogens is 4. The molecule has 4 aliphatic rings. The van der Waals surface area contributed by atoms with Crippen molar-refractivity contribution in [3.05, 3.63) is 65.0 Å². The Hall–Kier alpha value is -2.69. The number of likely N-dealkylation sites (tertiary alicyclic amines) is 1. The topological polar surface area (TPSA) is 56.3 Å². The normalized spacial score (nSPS) is 29.1. The van der Waals surface area contributed by atoms with Gasteiger partial charge in [0.05, 0.1) is 18.8 Å². The number of rotatable bonds is 6. The van der Waals surface area contributed by atoms with Crippen molar-refractivity contribution in [1.82, 2.24) is 9.80 Å². The number of aliphatic hydroxyl groups excluding tert-OH is 1. The Kier molecular flexibility index (Phi) is 8.47. The van der Waals surface area contributed by atoms with E-state index in [0.717, 1.165) is 56.5 Å². The monoisotopic (exact) mass is 603 g/mol. The van der Waals surface area contributed by atoms with Gasteiger partial charge in [-0.15, -0.1) is 0 Å². The number of hydrogen-bond acceptors (Lipinski definition) is 5. The molecule has 1 unspecified atom stereocenters. The fourth-order valence-corrected chi connectivity index (χ4v) is 7.57. The highest BCUT2D eigenvalue weighted by Crippen LogP contribution is 2.48. The van der Waals surface area contributed by atoms with E-state index in [1.54, 1.807) is 9.80 Å². The van der Waals surface area contributed by atoms with Crippen molar-refractivity contribution in [3.63, 3.8) is 0 Å². The van der Waals surface area contributed by atoms with E-state index in [4.69, 9.17) is 4.74 Å². The van der Waals surface area contributed by atoms with Crippen molar-refractivity contribution < 1.29 is 32.2 Å². The van der Waals surface area contributed by atoms with Crippen LogP contribution in [0, 0.1) is 17.7 Å². The first-order chi connectivity index (χ1) is 20.6. The Morgan fingerprint density at radius 3 is 2.42 bits per heavy atom. The highest BCUT2D eigenvalue weighted by atomic mass is 19.4. The second-order valence-electron chi connectivity index (χ2n) is 12.9. The molecule has 234 valence electrons. The quantitative estimate of drug-likeness (QED) is 0.446. The van der Waals surface area contributed by atoms with Crippen LogP contribution < -0.4 is 4.90 Å². The predicted molar refractivity (Wildman–Crippen MR) is 155 cm³/mol. The molecule has 1 aliphatic carbocycles. The van der Waals surface area contributed by atoms with Crippen LogP contribution in [0.15, 0.2) is 42.5 Å². The van der Waals surface area contributed by atoms with Crippen LogP contribution in [0.3, 0.4) is 0 Å². The molecule has 2 aromatic carbocycles. The molecule has 10 heteroatoms.